The number of fused-ring (bicyclic) bond motifs is 2. The second-order valence-corrected chi connectivity index (χ2v) is 7.68. The number of amides is 1. The van der Waals surface area contributed by atoms with Gasteiger partial charge < -0.3 is 14.9 Å². The number of benzene rings is 2. The molecular formula is C21H18N4OS. The monoisotopic (exact) mass is 374 g/mol. The molecule has 3 heterocycles. The van der Waals surface area contributed by atoms with E-state index < -0.39 is 0 Å². The first-order valence-electron chi connectivity index (χ1n) is 8.91. The maximum absolute atomic E-state index is 12.5. The van der Waals surface area contributed by atoms with E-state index in [0.717, 1.165) is 50.9 Å². The average molecular weight is 374 g/mol. The smallest absolute Gasteiger partial charge is 0.228 e. The Morgan fingerprint density at radius 2 is 2.15 bits per heavy atom. The minimum atomic E-state index is -0.0280. The molecule has 0 radical (unpaired) electrons. The molecule has 2 N–H and O–H groups in total. The Morgan fingerprint density at radius 3 is 3.07 bits per heavy atom. The van der Waals surface area contributed by atoms with Crippen molar-refractivity contribution in [3.8, 4) is 11.3 Å². The number of hydrogen-bond donors (Lipinski definition) is 2. The highest BCUT2D eigenvalue weighted by molar-refractivity contribution is 7.99. The SMILES string of the molecule is O=C(Cc1c[nH]c2ccccc12)Nc1cccc(-c2cn3c(n2)SCC3)c1. The molecule has 0 bridgehead atoms. The summed E-state index contributed by atoms with van der Waals surface area (Å²) in [6.07, 6.45) is 4.33. The van der Waals surface area contributed by atoms with Crippen LogP contribution in [0.4, 0.5) is 5.69 Å². The molecule has 27 heavy (non-hydrogen) atoms. The van der Waals surface area contributed by atoms with E-state index in [0.29, 0.717) is 6.42 Å². The molecule has 2 aromatic carbocycles. The summed E-state index contributed by atoms with van der Waals surface area (Å²) in [7, 11) is 0. The van der Waals surface area contributed by atoms with Crippen LogP contribution in [0.3, 0.4) is 0 Å². The number of nitrogens with one attached hydrogen (secondary N) is 2. The molecule has 4 aromatic rings. The predicted molar refractivity (Wildman–Crippen MR) is 109 cm³/mol. The van der Waals surface area contributed by atoms with Crippen molar-refractivity contribution in [2.75, 3.05) is 11.1 Å². The van der Waals surface area contributed by atoms with Crippen molar-refractivity contribution < 1.29 is 4.79 Å². The molecule has 2 aromatic heterocycles. The third kappa shape index (κ3) is 3.13. The number of aryl methyl sites for hydroxylation is 1. The number of nitrogens with zero attached hydrogens (tertiary/aromatic N) is 2. The number of hydrogen-bond acceptors (Lipinski definition) is 3. The van der Waals surface area contributed by atoms with E-state index in [-0.39, 0.29) is 5.91 Å². The average Bonchev–Trinajstić information content (AvgIpc) is 3.37. The molecule has 6 heteroatoms. The predicted octanol–water partition coefficient (Wildman–Crippen LogP) is 4.32. The summed E-state index contributed by atoms with van der Waals surface area (Å²) in [5, 5.41) is 5.17. The van der Waals surface area contributed by atoms with Crippen molar-refractivity contribution in [2.45, 2.75) is 18.1 Å². The zero-order chi connectivity index (χ0) is 18.2. The summed E-state index contributed by atoms with van der Waals surface area (Å²) in [4.78, 5) is 20.4. The zero-order valence-electron chi connectivity index (χ0n) is 14.6. The Labute approximate surface area is 160 Å². The molecule has 5 nitrogen and oxygen atoms in total. The zero-order valence-corrected chi connectivity index (χ0v) is 15.4. The van der Waals surface area contributed by atoms with E-state index in [4.69, 9.17) is 0 Å². The van der Waals surface area contributed by atoms with Crippen LogP contribution in [-0.4, -0.2) is 26.2 Å². The lowest BCUT2D eigenvalue weighted by Crippen LogP contribution is -2.14. The first-order chi connectivity index (χ1) is 13.3. The molecule has 0 atom stereocenters. The van der Waals surface area contributed by atoms with Crippen LogP contribution in [0, 0.1) is 0 Å². The Morgan fingerprint density at radius 1 is 1.22 bits per heavy atom. The van der Waals surface area contributed by atoms with Gasteiger partial charge in [0.2, 0.25) is 5.91 Å². The standard InChI is InChI=1S/C21H18N4OS/c26-20(11-15-12-22-18-7-2-1-6-17(15)18)23-16-5-3-4-14(10-16)19-13-25-8-9-27-21(25)24-19/h1-7,10,12-13,22H,8-9,11H2,(H,23,26). The van der Waals surface area contributed by atoms with E-state index in [1.807, 2.05) is 54.7 Å². The van der Waals surface area contributed by atoms with Crippen LogP contribution in [0.2, 0.25) is 0 Å². The van der Waals surface area contributed by atoms with Gasteiger partial charge in [-0.1, -0.05) is 42.1 Å². The Bertz CT molecular complexity index is 1120. The molecular weight excluding hydrogens is 356 g/mol. The van der Waals surface area contributed by atoms with Crippen LogP contribution in [0.25, 0.3) is 22.2 Å². The van der Waals surface area contributed by atoms with Crippen molar-refractivity contribution in [1.82, 2.24) is 14.5 Å². The van der Waals surface area contributed by atoms with Gasteiger partial charge in [-0.2, -0.15) is 0 Å². The van der Waals surface area contributed by atoms with Crippen LogP contribution in [0.1, 0.15) is 5.56 Å². The fourth-order valence-electron chi connectivity index (χ4n) is 3.46. The molecule has 1 amide bonds. The molecule has 5 rings (SSSR count). The minimum Gasteiger partial charge on any atom is -0.361 e. The fraction of sp³-hybridized carbons (Fsp3) is 0.143. The van der Waals surface area contributed by atoms with Crippen molar-refractivity contribution in [1.29, 1.82) is 0 Å². The number of carbonyl (C=O) groups excluding carboxylic acids is 1. The number of aromatic nitrogens is 3. The molecule has 0 saturated carbocycles. The van der Waals surface area contributed by atoms with E-state index in [1.165, 1.54) is 0 Å². The van der Waals surface area contributed by atoms with Gasteiger partial charge in [0.1, 0.15) is 0 Å². The van der Waals surface area contributed by atoms with Gasteiger partial charge in [-0.25, -0.2) is 4.98 Å². The van der Waals surface area contributed by atoms with Crippen LogP contribution < -0.4 is 5.32 Å². The Hall–Kier alpha value is -2.99. The number of thioether (sulfide) groups is 1. The number of H-pyrrole nitrogens is 1. The summed E-state index contributed by atoms with van der Waals surface area (Å²) in [5.41, 5.74) is 4.81. The van der Waals surface area contributed by atoms with Crippen molar-refractivity contribution >= 4 is 34.3 Å². The number of para-hydroxylation sites is 1. The van der Waals surface area contributed by atoms with Crippen LogP contribution in [-0.2, 0) is 17.8 Å². The van der Waals surface area contributed by atoms with Crippen LogP contribution >= 0.6 is 11.8 Å². The summed E-state index contributed by atoms with van der Waals surface area (Å²) in [6.45, 7) is 1.01. The van der Waals surface area contributed by atoms with Gasteiger partial charge in [0.15, 0.2) is 5.16 Å². The second kappa shape index (κ2) is 6.63. The van der Waals surface area contributed by atoms with Gasteiger partial charge in [-0.05, 0) is 23.8 Å². The van der Waals surface area contributed by atoms with E-state index >= 15 is 0 Å². The highest BCUT2D eigenvalue weighted by atomic mass is 32.2. The first kappa shape index (κ1) is 16.2. The van der Waals surface area contributed by atoms with Crippen molar-refractivity contribution in [2.24, 2.45) is 0 Å². The van der Waals surface area contributed by atoms with Gasteiger partial charge in [0, 0.05) is 46.8 Å². The lowest BCUT2D eigenvalue weighted by molar-refractivity contribution is -0.115. The minimum absolute atomic E-state index is 0.0280. The summed E-state index contributed by atoms with van der Waals surface area (Å²) in [5.74, 6) is 1.06. The molecule has 134 valence electrons. The summed E-state index contributed by atoms with van der Waals surface area (Å²) >= 11 is 1.78. The molecule has 1 aliphatic rings. The summed E-state index contributed by atoms with van der Waals surface area (Å²) < 4.78 is 2.18. The molecule has 0 unspecified atom stereocenters. The first-order valence-corrected chi connectivity index (χ1v) is 9.90. The van der Waals surface area contributed by atoms with Gasteiger partial charge >= 0.3 is 0 Å². The van der Waals surface area contributed by atoms with Gasteiger partial charge in [0.25, 0.3) is 0 Å². The van der Waals surface area contributed by atoms with Gasteiger partial charge in [-0.3, -0.25) is 4.79 Å². The van der Waals surface area contributed by atoms with E-state index in [1.54, 1.807) is 11.8 Å². The number of carbonyl (C=O) groups is 1. The topological polar surface area (TPSA) is 62.7 Å². The fourth-order valence-corrected chi connectivity index (χ4v) is 4.40. The van der Waals surface area contributed by atoms with Gasteiger partial charge in [0.05, 0.1) is 12.1 Å². The third-order valence-electron chi connectivity index (χ3n) is 4.77. The molecule has 1 aliphatic heterocycles. The Kier molecular flexibility index (Phi) is 3.98. The van der Waals surface area contributed by atoms with Crippen molar-refractivity contribution in [3.63, 3.8) is 0 Å². The molecule has 0 fully saturated rings. The van der Waals surface area contributed by atoms with Crippen LogP contribution in [0.15, 0.2) is 66.1 Å². The van der Waals surface area contributed by atoms with Crippen LogP contribution in [0.5, 0.6) is 0 Å². The maximum atomic E-state index is 12.5. The van der Waals surface area contributed by atoms with E-state index in [9.17, 15) is 4.79 Å². The molecule has 0 aliphatic carbocycles. The van der Waals surface area contributed by atoms with E-state index in [2.05, 4.69) is 26.0 Å². The summed E-state index contributed by atoms with van der Waals surface area (Å²) in [6, 6.07) is 15.9. The highest BCUT2D eigenvalue weighted by Crippen LogP contribution is 2.30. The Balaban J connectivity index is 1.33. The molecule has 0 spiro atoms. The van der Waals surface area contributed by atoms with Gasteiger partial charge in [-0.15, -0.1) is 0 Å². The maximum Gasteiger partial charge on any atom is 0.228 e. The normalized spacial score (nSPS) is 13.0. The highest BCUT2D eigenvalue weighted by Gasteiger charge is 2.15. The lowest BCUT2D eigenvalue weighted by atomic mass is 10.1. The number of aromatic amines is 1. The lowest BCUT2D eigenvalue weighted by Gasteiger charge is -2.06. The number of anilines is 1. The number of rotatable bonds is 4. The third-order valence-corrected chi connectivity index (χ3v) is 5.74. The second-order valence-electron chi connectivity index (χ2n) is 6.62. The van der Waals surface area contributed by atoms with Crippen molar-refractivity contribution in [3.05, 3.63) is 66.5 Å². The molecule has 0 saturated heterocycles. The number of imidazole rings is 1. The largest absolute Gasteiger partial charge is 0.361 e. The quantitative estimate of drug-likeness (QED) is 0.559.